The van der Waals surface area contributed by atoms with E-state index in [1.54, 1.807) is 0 Å². The second kappa shape index (κ2) is 6.58. The summed E-state index contributed by atoms with van der Waals surface area (Å²) in [5, 5.41) is 3.18. The molecule has 0 aromatic heterocycles. The smallest absolute Gasteiger partial charge is 0.0214 e. The topological polar surface area (TPSA) is 41.3 Å². The Morgan fingerprint density at radius 1 is 1.45 bits per heavy atom. The molecule has 1 atom stereocenters. The third-order valence-corrected chi connectivity index (χ3v) is 1.91. The van der Waals surface area contributed by atoms with Gasteiger partial charge in [0.05, 0.1) is 0 Å². The molecular formula is C8H21N3. The van der Waals surface area contributed by atoms with Gasteiger partial charge in [0.25, 0.3) is 0 Å². The van der Waals surface area contributed by atoms with E-state index in [0.29, 0.717) is 6.04 Å². The first-order chi connectivity index (χ1) is 5.22. The van der Waals surface area contributed by atoms with Gasteiger partial charge in [-0.2, -0.15) is 0 Å². The number of hydrogen-bond donors (Lipinski definition) is 2. The Balaban J connectivity index is 3.51. The SMILES string of the molecule is CNCC(CCCN)N(C)C. The zero-order valence-electron chi connectivity index (χ0n) is 7.93. The third kappa shape index (κ3) is 5.18. The quantitative estimate of drug-likeness (QED) is 0.567. The van der Waals surface area contributed by atoms with Gasteiger partial charge < -0.3 is 16.0 Å². The van der Waals surface area contributed by atoms with E-state index in [4.69, 9.17) is 5.73 Å². The molecule has 1 unspecified atom stereocenters. The Hall–Kier alpha value is -0.120. The van der Waals surface area contributed by atoms with Crippen LogP contribution < -0.4 is 11.1 Å². The second-order valence-electron chi connectivity index (χ2n) is 3.11. The molecule has 0 saturated heterocycles. The van der Waals surface area contributed by atoms with Crippen molar-refractivity contribution >= 4 is 0 Å². The van der Waals surface area contributed by atoms with Gasteiger partial charge in [0.2, 0.25) is 0 Å². The van der Waals surface area contributed by atoms with Crippen LogP contribution in [0, 0.1) is 0 Å². The van der Waals surface area contributed by atoms with Crippen LogP contribution in [-0.4, -0.2) is 45.2 Å². The molecule has 0 aromatic carbocycles. The lowest BCUT2D eigenvalue weighted by atomic mass is 10.1. The monoisotopic (exact) mass is 159 g/mol. The van der Waals surface area contributed by atoms with Crippen molar-refractivity contribution in [2.24, 2.45) is 5.73 Å². The van der Waals surface area contributed by atoms with Gasteiger partial charge in [-0.3, -0.25) is 0 Å². The lowest BCUT2D eigenvalue weighted by Crippen LogP contribution is -2.36. The predicted molar refractivity (Wildman–Crippen MR) is 49.7 cm³/mol. The van der Waals surface area contributed by atoms with E-state index in [1.165, 1.54) is 6.42 Å². The van der Waals surface area contributed by atoms with Gasteiger partial charge in [-0.25, -0.2) is 0 Å². The Morgan fingerprint density at radius 2 is 2.09 bits per heavy atom. The summed E-state index contributed by atoms with van der Waals surface area (Å²) < 4.78 is 0. The highest BCUT2D eigenvalue weighted by Gasteiger charge is 2.08. The van der Waals surface area contributed by atoms with Crippen LogP contribution in [-0.2, 0) is 0 Å². The van der Waals surface area contributed by atoms with Gasteiger partial charge in [-0.1, -0.05) is 0 Å². The van der Waals surface area contributed by atoms with Crippen LogP contribution in [0.3, 0.4) is 0 Å². The Kier molecular flexibility index (Phi) is 6.51. The van der Waals surface area contributed by atoms with Crippen molar-refractivity contribution in [1.29, 1.82) is 0 Å². The van der Waals surface area contributed by atoms with Crippen molar-refractivity contribution in [1.82, 2.24) is 10.2 Å². The van der Waals surface area contributed by atoms with E-state index >= 15 is 0 Å². The van der Waals surface area contributed by atoms with E-state index in [-0.39, 0.29) is 0 Å². The molecule has 3 heteroatoms. The summed E-state index contributed by atoms with van der Waals surface area (Å²) in [6.07, 6.45) is 2.30. The molecular weight excluding hydrogens is 138 g/mol. The minimum atomic E-state index is 0.628. The number of nitrogens with zero attached hydrogens (tertiary/aromatic N) is 1. The highest BCUT2D eigenvalue weighted by Crippen LogP contribution is 2.00. The number of rotatable bonds is 6. The van der Waals surface area contributed by atoms with Crippen LogP contribution in [0.15, 0.2) is 0 Å². The van der Waals surface area contributed by atoms with Crippen LogP contribution in [0.2, 0.25) is 0 Å². The van der Waals surface area contributed by atoms with Gasteiger partial charge in [0.1, 0.15) is 0 Å². The fourth-order valence-corrected chi connectivity index (χ4v) is 1.13. The number of nitrogens with two attached hydrogens (primary N) is 1. The molecule has 0 amide bonds. The summed E-state index contributed by atoms with van der Waals surface area (Å²) in [5.74, 6) is 0. The van der Waals surface area contributed by atoms with Crippen molar-refractivity contribution in [3.05, 3.63) is 0 Å². The standard InChI is InChI=1S/C8H21N3/c1-10-7-8(11(2)3)5-4-6-9/h8,10H,4-7,9H2,1-3H3. The van der Waals surface area contributed by atoms with Gasteiger partial charge in [-0.15, -0.1) is 0 Å². The second-order valence-corrected chi connectivity index (χ2v) is 3.11. The lowest BCUT2D eigenvalue weighted by molar-refractivity contribution is 0.270. The molecule has 0 bridgehead atoms. The Labute approximate surface area is 69.9 Å². The lowest BCUT2D eigenvalue weighted by Gasteiger charge is -2.23. The molecule has 0 aliphatic rings. The van der Waals surface area contributed by atoms with Crippen LogP contribution in [0.5, 0.6) is 0 Å². The molecule has 68 valence electrons. The first-order valence-electron chi connectivity index (χ1n) is 4.23. The highest BCUT2D eigenvalue weighted by molar-refractivity contribution is 4.67. The zero-order chi connectivity index (χ0) is 8.69. The van der Waals surface area contributed by atoms with E-state index < -0.39 is 0 Å². The molecule has 0 aromatic rings. The van der Waals surface area contributed by atoms with Crippen LogP contribution in [0.1, 0.15) is 12.8 Å². The van der Waals surface area contributed by atoms with Crippen molar-refractivity contribution < 1.29 is 0 Å². The molecule has 0 spiro atoms. The molecule has 0 rings (SSSR count). The average Bonchev–Trinajstić information content (AvgIpc) is 1.97. The average molecular weight is 159 g/mol. The molecule has 0 saturated carbocycles. The summed E-state index contributed by atoms with van der Waals surface area (Å²) in [6, 6.07) is 0.628. The summed E-state index contributed by atoms with van der Waals surface area (Å²) >= 11 is 0. The van der Waals surface area contributed by atoms with Gasteiger partial charge in [-0.05, 0) is 40.5 Å². The minimum Gasteiger partial charge on any atom is -0.330 e. The molecule has 3 nitrogen and oxygen atoms in total. The van der Waals surface area contributed by atoms with Crippen molar-refractivity contribution in [2.75, 3.05) is 34.2 Å². The molecule has 0 heterocycles. The summed E-state index contributed by atoms with van der Waals surface area (Å²) in [6.45, 7) is 1.85. The first kappa shape index (κ1) is 10.9. The minimum absolute atomic E-state index is 0.628. The molecule has 0 fully saturated rings. The fraction of sp³-hybridized carbons (Fsp3) is 1.00. The molecule has 0 aliphatic carbocycles. The fourth-order valence-electron chi connectivity index (χ4n) is 1.13. The highest BCUT2D eigenvalue weighted by atomic mass is 15.1. The molecule has 0 radical (unpaired) electrons. The summed E-state index contributed by atoms with van der Waals surface area (Å²) in [5.41, 5.74) is 5.43. The zero-order valence-corrected chi connectivity index (χ0v) is 7.93. The maximum atomic E-state index is 5.43. The normalized spacial score (nSPS) is 13.9. The van der Waals surface area contributed by atoms with Crippen molar-refractivity contribution in [3.8, 4) is 0 Å². The van der Waals surface area contributed by atoms with E-state index in [0.717, 1.165) is 19.5 Å². The largest absolute Gasteiger partial charge is 0.330 e. The first-order valence-corrected chi connectivity index (χ1v) is 4.23. The molecule has 0 aliphatic heterocycles. The maximum Gasteiger partial charge on any atom is 0.0214 e. The number of likely N-dealkylation sites (N-methyl/N-ethyl adjacent to an activating group) is 2. The van der Waals surface area contributed by atoms with Crippen LogP contribution >= 0.6 is 0 Å². The van der Waals surface area contributed by atoms with Gasteiger partial charge >= 0.3 is 0 Å². The predicted octanol–water partition coefficient (Wildman–Crippen LogP) is -0.125. The molecule has 11 heavy (non-hydrogen) atoms. The maximum absolute atomic E-state index is 5.43. The number of nitrogens with one attached hydrogen (secondary N) is 1. The van der Waals surface area contributed by atoms with Gasteiger partial charge in [0, 0.05) is 12.6 Å². The van der Waals surface area contributed by atoms with Crippen molar-refractivity contribution in [2.45, 2.75) is 18.9 Å². The van der Waals surface area contributed by atoms with Crippen LogP contribution in [0.25, 0.3) is 0 Å². The Morgan fingerprint density at radius 3 is 2.45 bits per heavy atom. The summed E-state index contributed by atoms with van der Waals surface area (Å²) in [4.78, 5) is 2.24. The summed E-state index contributed by atoms with van der Waals surface area (Å²) in [7, 11) is 6.20. The Bertz CT molecular complexity index is 83.4. The van der Waals surface area contributed by atoms with E-state index in [1.807, 2.05) is 7.05 Å². The van der Waals surface area contributed by atoms with Crippen molar-refractivity contribution in [3.63, 3.8) is 0 Å². The van der Waals surface area contributed by atoms with E-state index in [9.17, 15) is 0 Å². The van der Waals surface area contributed by atoms with E-state index in [2.05, 4.69) is 24.3 Å². The third-order valence-electron chi connectivity index (χ3n) is 1.91. The molecule has 3 N–H and O–H groups in total. The number of hydrogen-bond acceptors (Lipinski definition) is 3. The van der Waals surface area contributed by atoms with Crippen LogP contribution in [0.4, 0.5) is 0 Å². The van der Waals surface area contributed by atoms with Gasteiger partial charge in [0.15, 0.2) is 0 Å².